The quantitative estimate of drug-likeness (QED) is 0.182. The maximum Gasteiger partial charge on any atom is 0.175 e. The molecule has 0 aliphatic carbocycles. The summed E-state index contributed by atoms with van der Waals surface area (Å²) in [6.07, 6.45) is 0. The Hall–Kier alpha value is -3.28. The van der Waals surface area contributed by atoms with E-state index in [-0.39, 0.29) is 5.78 Å². The molecule has 4 nitrogen and oxygen atoms in total. The number of hydrogen-bond acceptors (Lipinski definition) is 3. The van der Waals surface area contributed by atoms with Gasteiger partial charge in [0, 0.05) is 27.7 Å². The SMILES string of the molecule is Cc1cc(C(=O)CSc2nc3cc(Cl)ccc3n2Cc2ccccc2)c(C)n1-c1ccccc1. The maximum absolute atomic E-state index is 13.3. The highest BCUT2D eigenvalue weighted by Gasteiger charge is 2.19. The lowest BCUT2D eigenvalue weighted by atomic mass is 10.2. The predicted octanol–water partition coefficient (Wildman–Crippen LogP) is 7.12. The maximum atomic E-state index is 13.3. The summed E-state index contributed by atoms with van der Waals surface area (Å²) in [5, 5.41) is 1.46. The zero-order valence-corrected chi connectivity index (χ0v) is 20.6. The molecule has 0 saturated heterocycles. The smallest absolute Gasteiger partial charge is 0.175 e. The van der Waals surface area contributed by atoms with Crippen LogP contribution in [0.1, 0.15) is 27.3 Å². The van der Waals surface area contributed by atoms with E-state index in [1.54, 1.807) is 0 Å². The Morgan fingerprint density at radius 3 is 2.38 bits per heavy atom. The van der Waals surface area contributed by atoms with E-state index in [2.05, 4.69) is 33.4 Å². The fourth-order valence-corrected chi connectivity index (χ4v) is 5.40. The molecular formula is C28H24ClN3OS. The molecule has 3 aromatic carbocycles. The first-order valence-electron chi connectivity index (χ1n) is 11.1. The van der Waals surface area contributed by atoms with Crippen LogP contribution >= 0.6 is 23.4 Å². The Balaban J connectivity index is 1.43. The third-order valence-electron chi connectivity index (χ3n) is 5.94. The second kappa shape index (κ2) is 9.53. The van der Waals surface area contributed by atoms with Crippen LogP contribution in [0.25, 0.3) is 16.7 Å². The van der Waals surface area contributed by atoms with Crippen LogP contribution in [0.3, 0.4) is 0 Å². The number of imidazole rings is 1. The first-order chi connectivity index (χ1) is 16.5. The van der Waals surface area contributed by atoms with Crippen LogP contribution in [-0.4, -0.2) is 25.7 Å². The monoisotopic (exact) mass is 485 g/mol. The first kappa shape index (κ1) is 22.5. The van der Waals surface area contributed by atoms with Crippen molar-refractivity contribution >= 4 is 40.2 Å². The van der Waals surface area contributed by atoms with E-state index < -0.39 is 0 Å². The van der Waals surface area contributed by atoms with Gasteiger partial charge in [0.25, 0.3) is 0 Å². The van der Waals surface area contributed by atoms with Crippen molar-refractivity contribution in [1.29, 1.82) is 0 Å². The van der Waals surface area contributed by atoms with Gasteiger partial charge in [-0.1, -0.05) is 71.9 Å². The van der Waals surface area contributed by atoms with Crippen molar-refractivity contribution in [3.05, 3.63) is 112 Å². The number of carbonyl (C=O) groups is 1. The van der Waals surface area contributed by atoms with Gasteiger partial charge >= 0.3 is 0 Å². The van der Waals surface area contributed by atoms with Gasteiger partial charge < -0.3 is 9.13 Å². The lowest BCUT2D eigenvalue weighted by molar-refractivity contribution is 0.102. The third kappa shape index (κ3) is 4.41. The summed E-state index contributed by atoms with van der Waals surface area (Å²) in [6, 6.07) is 28.1. The number of benzene rings is 3. The molecule has 5 aromatic rings. The highest BCUT2D eigenvalue weighted by atomic mass is 35.5. The van der Waals surface area contributed by atoms with Gasteiger partial charge in [0.05, 0.1) is 23.3 Å². The topological polar surface area (TPSA) is 39.8 Å². The largest absolute Gasteiger partial charge is 0.318 e. The van der Waals surface area contributed by atoms with Crippen LogP contribution in [0.2, 0.25) is 5.02 Å². The summed E-state index contributed by atoms with van der Waals surface area (Å²) in [6.45, 7) is 4.72. The van der Waals surface area contributed by atoms with Gasteiger partial charge in [-0.15, -0.1) is 0 Å². The number of para-hydroxylation sites is 1. The molecular weight excluding hydrogens is 462 g/mol. The van der Waals surface area contributed by atoms with Gasteiger partial charge in [0.15, 0.2) is 10.9 Å². The average molecular weight is 486 g/mol. The minimum absolute atomic E-state index is 0.0941. The van der Waals surface area contributed by atoms with Crippen molar-refractivity contribution in [1.82, 2.24) is 14.1 Å². The van der Waals surface area contributed by atoms with E-state index in [0.29, 0.717) is 17.3 Å². The Labute approximate surface area is 208 Å². The number of ketones is 1. The van der Waals surface area contributed by atoms with E-state index in [1.165, 1.54) is 17.3 Å². The molecule has 0 aliphatic rings. The van der Waals surface area contributed by atoms with Crippen molar-refractivity contribution in [3.8, 4) is 5.69 Å². The first-order valence-corrected chi connectivity index (χ1v) is 12.5. The van der Waals surface area contributed by atoms with Crippen molar-refractivity contribution < 1.29 is 4.79 Å². The van der Waals surface area contributed by atoms with E-state index in [1.807, 2.05) is 74.5 Å². The minimum Gasteiger partial charge on any atom is -0.318 e. The van der Waals surface area contributed by atoms with Crippen molar-refractivity contribution in [3.63, 3.8) is 0 Å². The van der Waals surface area contributed by atoms with Gasteiger partial charge in [-0.2, -0.15) is 0 Å². The molecule has 0 radical (unpaired) electrons. The molecule has 0 N–H and O–H groups in total. The number of Topliss-reactive ketones (excluding diaryl/α,β-unsaturated/α-hetero) is 1. The summed E-state index contributed by atoms with van der Waals surface area (Å²) < 4.78 is 4.29. The van der Waals surface area contributed by atoms with Gasteiger partial charge in [-0.3, -0.25) is 4.79 Å². The van der Waals surface area contributed by atoms with Crippen LogP contribution in [-0.2, 0) is 6.54 Å². The van der Waals surface area contributed by atoms with Crippen LogP contribution in [0.15, 0.2) is 90.1 Å². The molecule has 0 amide bonds. The normalized spacial score (nSPS) is 11.3. The number of carbonyl (C=O) groups excluding carboxylic acids is 1. The summed E-state index contributed by atoms with van der Waals surface area (Å²) in [7, 11) is 0. The molecule has 0 fully saturated rings. The number of hydrogen-bond donors (Lipinski definition) is 0. The average Bonchev–Trinajstić information content (AvgIpc) is 3.34. The Kier molecular flexibility index (Phi) is 6.31. The highest BCUT2D eigenvalue weighted by molar-refractivity contribution is 7.99. The number of aryl methyl sites for hydroxylation is 1. The van der Waals surface area contributed by atoms with Crippen molar-refractivity contribution in [2.45, 2.75) is 25.5 Å². The van der Waals surface area contributed by atoms with Gasteiger partial charge in [0.2, 0.25) is 0 Å². The zero-order chi connectivity index (χ0) is 23.7. The summed E-state index contributed by atoms with van der Waals surface area (Å²) in [5.74, 6) is 0.405. The van der Waals surface area contributed by atoms with Gasteiger partial charge in [0.1, 0.15) is 0 Å². The number of nitrogens with zero attached hydrogens (tertiary/aromatic N) is 3. The van der Waals surface area contributed by atoms with E-state index in [4.69, 9.17) is 16.6 Å². The van der Waals surface area contributed by atoms with Gasteiger partial charge in [-0.05, 0) is 55.8 Å². The number of thioether (sulfide) groups is 1. The van der Waals surface area contributed by atoms with Crippen molar-refractivity contribution in [2.24, 2.45) is 0 Å². The molecule has 0 spiro atoms. The highest BCUT2D eigenvalue weighted by Crippen LogP contribution is 2.29. The minimum atomic E-state index is 0.0941. The molecule has 170 valence electrons. The Morgan fingerprint density at radius 1 is 0.941 bits per heavy atom. The fraction of sp³-hybridized carbons (Fsp3) is 0.143. The summed E-state index contributed by atoms with van der Waals surface area (Å²) in [4.78, 5) is 18.1. The van der Waals surface area contributed by atoms with Gasteiger partial charge in [-0.25, -0.2) is 4.98 Å². The van der Waals surface area contributed by atoms with E-state index in [9.17, 15) is 4.79 Å². The summed E-state index contributed by atoms with van der Waals surface area (Å²) >= 11 is 7.69. The molecule has 6 heteroatoms. The molecule has 0 bridgehead atoms. The fourth-order valence-electron chi connectivity index (χ4n) is 4.34. The standard InChI is InChI=1S/C28H24ClN3OS/c1-19-15-24(20(2)32(19)23-11-7-4-8-12-23)27(33)18-34-28-30-25-16-22(29)13-14-26(25)31(28)17-21-9-5-3-6-10-21/h3-16H,17-18H2,1-2H3. The number of halogens is 1. The number of rotatable bonds is 7. The van der Waals surface area contributed by atoms with Crippen LogP contribution < -0.4 is 0 Å². The molecule has 34 heavy (non-hydrogen) atoms. The molecule has 0 atom stereocenters. The van der Waals surface area contributed by atoms with E-state index in [0.717, 1.165) is 38.8 Å². The second-order valence-electron chi connectivity index (χ2n) is 8.27. The number of fused-ring (bicyclic) bond motifs is 1. The zero-order valence-electron chi connectivity index (χ0n) is 19.0. The summed E-state index contributed by atoms with van der Waals surface area (Å²) in [5.41, 5.74) is 6.83. The molecule has 0 unspecified atom stereocenters. The Bertz CT molecular complexity index is 1470. The lowest BCUT2D eigenvalue weighted by Crippen LogP contribution is -2.07. The lowest BCUT2D eigenvalue weighted by Gasteiger charge is -2.10. The molecule has 0 saturated carbocycles. The molecule has 0 aliphatic heterocycles. The molecule has 2 heterocycles. The molecule has 2 aromatic heterocycles. The van der Waals surface area contributed by atoms with Crippen LogP contribution in [0.4, 0.5) is 0 Å². The van der Waals surface area contributed by atoms with Crippen molar-refractivity contribution in [2.75, 3.05) is 5.75 Å². The number of aromatic nitrogens is 3. The van der Waals surface area contributed by atoms with E-state index >= 15 is 0 Å². The Morgan fingerprint density at radius 2 is 1.65 bits per heavy atom. The third-order valence-corrected chi connectivity index (χ3v) is 7.15. The van der Waals surface area contributed by atoms with Crippen LogP contribution in [0.5, 0.6) is 0 Å². The predicted molar refractivity (Wildman–Crippen MR) is 141 cm³/mol. The molecule has 5 rings (SSSR count). The second-order valence-corrected chi connectivity index (χ2v) is 9.65. The van der Waals surface area contributed by atoms with Crippen LogP contribution in [0, 0.1) is 13.8 Å².